The number of ether oxygens (including phenoxy) is 1. The zero-order valence-corrected chi connectivity index (χ0v) is 13.3. The van der Waals surface area contributed by atoms with Crippen molar-refractivity contribution in [3.63, 3.8) is 0 Å². The van der Waals surface area contributed by atoms with Crippen LogP contribution >= 0.6 is 15.9 Å². The Hall–Kier alpha value is -1.48. The normalized spacial score (nSPS) is 14.2. The Balaban J connectivity index is 1.83. The van der Waals surface area contributed by atoms with E-state index in [2.05, 4.69) is 58.5 Å². The fourth-order valence-corrected chi connectivity index (χ4v) is 3.47. The molecule has 0 radical (unpaired) electrons. The van der Waals surface area contributed by atoms with Crippen LogP contribution in [-0.2, 0) is 12.8 Å². The number of methoxy groups -OCH3 is 1. The van der Waals surface area contributed by atoms with Crippen molar-refractivity contribution in [3.05, 3.63) is 57.6 Å². The summed E-state index contributed by atoms with van der Waals surface area (Å²) in [6.45, 7) is 2.11. The predicted molar refractivity (Wildman–Crippen MR) is 86.7 cm³/mol. The Bertz CT molecular complexity index is 614. The van der Waals surface area contributed by atoms with Crippen molar-refractivity contribution in [2.24, 2.45) is 0 Å². The molecule has 0 unspecified atom stereocenters. The third kappa shape index (κ3) is 2.55. The van der Waals surface area contributed by atoms with Crippen LogP contribution in [0.5, 0.6) is 5.75 Å². The van der Waals surface area contributed by atoms with E-state index < -0.39 is 0 Å². The van der Waals surface area contributed by atoms with Crippen molar-refractivity contribution in [3.8, 4) is 5.75 Å². The van der Waals surface area contributed by atoms with Crippen LogP contribution in [0.15, 0.2) is 40.9 Å². The van der Waals surface area contributed by atoms with Gasteiger partial charge in [-0.05, 0) is 48.6 Å². The molecule has 1 aliphatic carbocycles. The third-order valence-electron chi connectivity index (χ3n) is 3.88. The fraction of sp³-hybridized carbons (Fsp3) is 0.294. The minimum atomic E-state index is 0.446. The van der Waals surface area contributed by atoms with E-state index in [0.29, 0.717) is 6.04 Å². The number of halogens is 1. The maximum atomic E-state index is 5.50. The molecule has 2 nitrogen and oxygen atoms in total. The number of aryl methyl sites for hydroxylation is 1. The van der Waals surface area contributed by atoms with Crippen LogP contribution in [0.25, 0.3) is 0 Å². The predicted octanol–water partition coefficient (Wildman–Crippen LogP) is 4.35. The lowest BCUT2D eigenvalue weighted by Crippen LogP contribution is -2.20. The van der Waals surface area contributed by atoms with Crippen LogP contribution < -0.4 is 10.1 Å². The standard InChI is InChI=1S/C17H18BrNO/c1-11-7-14(18)10-16(20-2)17(11)19-15-8-12-5-3-4-6-13(12)9-15/h3-7,10,15,19H,8-9H2,1-2H3. The summed E-state index contributed by atoms with van der Waals surface area (Å²) in [4.78, 5) is 0. The van der Waals surface area contributed by atoms with Gasteiger partial charge in [-0.15, -0.1) is 0 Å². The summed E-state index contributed by atoms with van der Waals surface area (Å²) in [6, 6.07) is 13.3. The van der Waals surface area contributed by atoms with Crippen molar-refractivity contribution in [2.45, 2.75) is 25.8 Å². The van der Waals surface area contributed by atoms with Crippen LogP contribution in [0.1, 0.15) is 16.7 Å². The lowest BCUT2D eigenvalue weighted by atomic mass is 10.1. The van der Waals surface area contributed by atoms with Gasteiger partial charge < -0.3 is 10.1 Å². The Labute approximate surface area is 128 Å². The summed E-state index contributed by atoms with van der Waals surface area (Å²) in [6.07, 6.45) is 2.16. The van der Waals surface area contributed by atoms with E-state index in [0.717, 1.165) is 28.8 Å². The lowest BCUT2D eigenvalue weighted by molar-refractivity contribution is 0.415. The number of hydrogen-bond acceptors (Lipinski definition) is 2. The van der Waals surface area contributed by atoms with Crippen molar-refractivity contribution < 1.29 is 4.74 Å². The summed E-state index contributed by atoms with van der Waals surface area (Å²) >= 11 is 3.52. The highest BCUT2D eigenvalue weighted by Crippen LogP contribution is 2.34. The summed E-state index contributed by atoms with van der Waals surface area (Å²) in [5.41, 5.74) is 5.22. The van der Waals surface area contributed by atoms with Crippen molar-refractivity contribution in [1.29, 1.82) is 0 Å². The smallest absolute Gasteiger partial charge is 0.143 e. The first kappa shape index (κ1) is 13.5. The fourth-order valence-electron chi connectivity index (χ4n) is 2.92. The molecule has 3 heteroatoms. The monoisotopic (exact) mass is 331 g/mol. The zero-order chi connectivity index (χ0) is 14.1. The molecule has 0 aliphatic heterocycles. The van der Waals surface area contributed by atoms with Gasteiger partial charge in [-0.3, -0.25) is 0 Å². The van der Waals surface area contributed by atoms with E-state index in [1.54, 1.807) is 7.11 Å². The maximum absolute atomic E-state index is 5.50. The van der Waals surface area contributed by atoms with E-state index >= 15 is 0 Å². The Morgan fingerprint density at radius 2 is 1.80 bits per heavy atom. The quantitative estimate of drug-likeness (QED) is 0.902. The molecule has 0 heterocycles. The number of benzene rings is 2. The van der Waals surface area contributed by atoms with Gasteiger partial charge in [-0.2, -0.15) is 0 Å². The molecule has 3 rings (SSSR count). The van der Waals surface area contributed by atoms with Gasteiger partial charge in [0.15, 0.2) is 0 Å². The molecular weight excluding hydrogens is 314 g/mol. The van der Waals surface area contributed by atoms with Crippen LogP contribution in [0.3, 0.4) is 0 Å². The van der Waals surface area contributed by atoms with Crippen LogP contribution in [-0.4, -0.2) is 13.2 Å². The lowest BCUT2D eigenvalue weighted by Gasteiger charge is -2.19. The highest BCUT2D eigenvalue weighted by atomic mass is 79.9. The average molecular weight is 332 g/mol. The highest BCUT2D eigenvalue weighted by molar-refractivity contribution is 9.10. The second-order valence-corrected chi connectivity index (χ2v) is 6.23. The maximum Gasteiger partial charge on any atom is 0.143 e. The molecule has 1 aliphatic rings. The molecule has 1 N–H and O–H groups in total. The van der Waals surface area contributed by atoms with Crippen LogP contribution in [0.2, 0.25) is 0 Å². The third-order valence-corrected chi connectivity index (χ3v) is 4.34. The molecule has 0 aromatic heterocycles. The molecule has 0 spiro atoms. The van der Waals surface area contributed by atoms with E-state index in [-0.39, 0.29) is 0 Å². The summed E-state index contributed by atoms with van der Waals surface area (Å²) in [5.74, 6) is 0.896. The molecule has 2 aromatic carbocycles. The van der Waals surface area contributed by atoms with Crippen LogP contribution in [0, 0.1) is 6.92 Å². The minimum Gasteiger partial charge on any atom is -0.495 e. The van der Waals surface area contributed by atoms with Gasteiger partial charge in [-0.1, -0.05) is 40.2 Å². The molecule has 20 heavy (non-hydrogen) atoms. The first-order valence-corrected chi connectivity index (χ1v) is 7.64. The zero-order valence-electron chi connectivity index (χ0n) is 11.7. The van der Waals surface area contributed by atoms with E-state index in [1.807, 2.05) is 6.07 Å². The number of fused-ring (bicyclic) bond motifs is 1. The Kier molecular flexibility index (Phi) is 3.70. The Morgan fingerprint density at radius 1 is 1.15 bits per heavy atom. The van der Waals surface area contributed by atoms with Gasteiger partial charge in [0, 0.05) is 10.5 Å². The van der Waals surface area contributed by atoms with Gasteiger partial charge in [-0.25, -0.2) is 0 Å². The number of hydrogen-bond donors (Lipinski definition) is 1. The van der Waals surface area contributed by atoms with E-state index in [4.69, 9.17) is 4.74 Å². The highest BCUT2D eigenvalue weighted by Gasteiger charge is 2.22. The molecule has 0 fully saturated rings. The number of anilines is 1. The molecule has 0 saturated carbocycles. The van der Waals surface area contributed by atoms with E-state index in [9.17, 15) is 0 Å². The first-order chi connectivity index (χ1) is 9.67. The largest absolute Gasteiger partial charge is 0.495 e. The number of rotatable bonds is 3. The van der Waals surface area contributed by atoms with Crippen molar-refractivity contribution in [1.82, 2.24) is 0 Å². The molecular formula is C17H18BrNO. The summed E-state index contributed by atoms with van der Waals surface area (Å²) < 4.78 is 6.55. The topological polar surface area (TPSA) is 21.3 Å². The molecule has 0 atom stereocenters. The van der Waals surface area contributed by atoms with Gasteiger partial charge >= 0.3 is 0 Å². The van der Waals surface area contributed by atoms with Gasteiger partial charge in [0.25, 0.3) is 0 Å². The SMILES string of the molecule is COc1cc(Br)cc(C)c1NC1Cc2ccccc2C1. The van der Waals surface area contributed by atoms with Crippen LogP contribution in [0.4, 0.5) is 5.69 Å². The second kappa shape index (κ2) is 5.49. The summed E-state index contributed by atoms with van der Waals surface area (Å²) in [7, 11) is 1.72. The molecule has 104 valence electrons. The Morgan fingerprint density at radius 3 is 2.40 bits per heavy atom. The number of nitrogens with one attached hydrogen (secondary N) is 1. The summed E-state index contributed by atoms with van der Waals surface area (Å²) in [5, 5.41) is 3.66. The minimum absolute atomic E-state index is 0.446. The average Bonchev–Trinajstić information content (AvgIpc) is 2.83. The van der Waals surface area contributed by atoms with E-state index in [1.165, 1.54) is 16.7 Å². The second-order valence-electron chi connectivity index (χ2n) is 5.32. The van der Waals surface area contributed by atoms with Gasteiger partial charge in [0.05, 0.1) is 12.8 Å². The molecule has 0 amide bonds. The first-order valence-electron chi connectivity index (χ1n) is 6.85. The van der Waals surface area contributed by atoms with Gasteiger partial charge in [0.2, 0.25) is 0 Å². The van der Waals surface area contributed by atoms with Gasteiger partial charge in [0.1, 0.15) is 5.75 Å². The van der Waals surface area contributed by atoms with Crippen molar-refractivity contribution >= 4 is 21.6 Å². The molecule has 2 aromatic rings. The molecule has 0 bridgehead atoms. The van der Waals surface area contributed by atoms with Crippen molar-refractivity contribution in [2.75, 3.05) is 12.4 Å². The molecule has 0 saturated heterocycles.